The van der Waals surface area contributed by atoms with E-state index in [1.807, 2.05) is 11.8 Å². The average molecular weight is 192 g/mol. The zero-order valence-corrected chi connectivity index (χ0v) is 9.32. The van der Waals surface area contributed by atoms with Crippen molar-refractivity contribution in [3.05, 3.63) is 40.8 Å². The summed E-state index contributed by atoms with van der Waals surface area (Å²) in [6.07, 6.45) is 3.38. The van der Waals surface area contributed by atoms with Gasteiger partial charge in [-0.25, -0.2) is 0 Å². The van der Waals surface area contributed by atoms with Crippen molar-refractivity contribution in [3.63, 3.8) is 0 Å². The van der Waals surface area contributed by atoms with Crippen LogP contribution in [0.5, 0.6) is 0 Å². The molecule has 70 valence electrons. The minimum absolute atomic E-state index is 1.12. The van der Waals surface area contributed by atoms with E-state index in [0.717, 1.165) is 6.42 Å². The van der Waals surface area contributed by atoms with Crippen molar-refractivity contribution < 1.29 is 0 Å². The molecule has 0 heterocycles. The molecule has 0 aliphatic rings. The maximum atomic E-state index is 2.26. The van der Waals surface area contributed by atoms with Gasteiger partial charge in [0, 0.05) is 4.90 Å². The summed E-state index contributed by atoms with van der Waals surface area (Å²) in [4.78, 5) is 2.75. The maximum absolute atomic E-state index is 2.26. The summed E-state index contributed by atoms with van der Waals surface area (Å²) in [5, 5.41) is 0. The van der Waals surface area contributed by atoms with Gasteiger partial charge in [-0.2, -0.15) is 0 Å². The van der Waals surface area contributed by atoms with E-state index in [2.05, 4.69) is 51.1 Å². The molecule has 0 aliphatic carbocycles. The van der Waals surface area contributed by atoms with E-state index in [-0.39, 0.29) is 0 Å². The summed E-state index contributed by atoms with van der Waals surface area (Å²) in [7, 11) is 0. The Bertz CT molecular complexity index is 300. The lowest BCUT2D eigenvalue weighted by Gasteiger charge is -2.04. The molecule has 0 N–H and O–H groups in total. The van der Waals surface area contributed by atoms with Crippen LogP contribution in [0.15, 0.2) is 40.1 Å². The van der Waals surface area contributed by atoms with E-state index < -0.39 is 0 Å². The summed E-state index contributed by atoms with van der Waals surface area (Å²) >= 11 is 1.86. The molecule has 0 atom stereocenters. The van der Waals surface area contributed by atoms with Crippen LogP contribution < -0.4 is 0 Å². The lowest BCUT2D eigenvalue weighted by Crippen LogP contribution is -1.77. The summed E-state index contributed by atoms with van der Waals surface area (Å²) in [5.74, 6) is 0. The second kappa shape index (κ2) is 5.13. The van der Waals surface area contributed by atoms with Gasteiger partial charge >= 0.3 is 0 Å². The minimum atomic E-state index is 1.12. The molecular weight excluding hydrogens is 176 g/mol. The van der Waals surface area contributed by atoms with E-state index in [1.165, 1.54) is 15.4 Å². The van der Waals surface area contributed by atoms with Crippen LogP contribution in [0.4, 0.5) is 0 Å². The molecular formula is C12H16S. The van der Waals surface area contributed by atoms with E-state index in [1.54, 1.807) is 0 Å². The van der Waals surface area contributed by atoms with Crippen molar-refractivity contribution >= 4 is 11.8 Å². The Morgan fingerprint density at radius 2 is 2.08 bits per heavy atom. The molecule has 0 fully saturated rings. The molecule has 1 aromatic rings. The molecule has 1 aromatic carbocycles. The molecule has 0 saturated heterocycles. The van der Waals surface area contributed by atoms with E-state index in [0.29, 0.717) is 0 Å². The number of hydrogen-bond acceptors (Lipinski definition) is 1. The molecule has 0 amide bonds. The van der Waals surface area contributed by atoms with Gasteiger partial charge in [-0.15, -0.1) is 0 Å². The highest BCUT2D eigenvalue weighted by molar-refractivity contribution is 8.03. The SMILES string of the molecule is CCC=C(C)Sc1ccccc1C. The van der Waals surface area contributed by atoms with E-state index >= 15 is 0 Å². The number of thioether (sulfide) groups is 1. The van der Waals surface area contributed by atoms with Crippen molar-refractivity contribution in [3.8, 4) is 0 Å². The average Bonchev–Trinajstić information content (AvgIpc) is 2.09. The molecule has 0 bridgehead atoms. The number of benzene rings is 1. The molecule has 0 spiro atoms. The molecule has 0 radical (unpaired) electrons. The first-order chi connectivity index (χ1) is 6.24. The van der Waals surface area contributed by atoms with Gasteiger partial charge in [0.25, 0.3) is 0 Å². The number of aryl methyl sites for hydroxylation is 1. The molecule has 0 unspecified atom stereocenters. The molecule has 13 heavy (non-hydrogen) atoms. The first-order valence-electron chi connectivity index (χ1n) is 4.64. The van der Waals surface area contributed by atoms with Gasteiger partial charge in [0.05, 0.1) is 0 Å². The predicted molar refractivity (Wildman–Crippen MR) is 61.1 cm³/mol. The lowest BCUT2D eigenvalue weighted by molar-refractivity contribution is 1.21. The Balaban J connectivity index is 2.74. The quantitative estimate of drug-likeness (QED) is 0.640. The number of hydrogen-bond donors (Lipinski definition) is 0. The van der Waals surface area contributed by atoms with Gasteiger partial charge < -0.3 is 0 Å². The van der Waals surface area contributed by atoms with Crippen molar-refractivity contribution in [2.75, 3.05) is 0 Å². The van der Waals surface area contributed by atoms with Crippen LogP contribution in [0.25, 0.3) is 0 Å². The third kappa shape index (κ3) is 3.27. The van der Waals surface area contributed by atoms with Gasteiger partial charge in [-0.05, 0) is 36.8 Å². The van der Waals surface area contributed by atoms with Gasteiger partial charge in [-0.3, -0.25) is 0 Å². The van der Waals surface area contributed by atoms with Crippen LogP contribution in [-0.2, 0) is 0 Å². The molecule has 0 aliphatic heterocycles. The summed E-state index contributed by atoms with van der Waals surface area (Å²) in [5.41, 5.74) is 1.36. The Kier molecular flexibility index (Phi) is 4.10. The van der Waals surface area contributed by atoms with E-state index in [4.69, 9.17) is 0 Å². The Morgan fingerprint density at radius 3 is 2.69 bits per heavy atom. The van der Waals surface area contributed by atoms with Crippen LogP contribution in [0, 0.1) is 6.92 Å². The van der Waals surface area contributed by atoms with Gasteiger partial charge in [-0.1, -0.05) is 43.0 Å². The van der Waals surface area contributed by atoms with Crippen LogP contribution in [-0.4, -0.2) is 0 Å². The Morgan fingerprint density at radius 1 is 1.38 bits per heavy atom. The first kappa shape index (κ1) is 10.4. The zero-order valence-electron chi connectivity index (χ0n) is 8.50. The highest BCUT2D eigenvalue weighted by atomic mass is 32.2. The van der Waals surface area contributed by atoms with Crippen LogP contribution in [0.1, 0.15) is 25.8 Å². The van der Waals surface area contributed by atoms with Gasteiger partial charge in [0.2, 0.25) is 0 Å². The first-order valence-corrected chi connectivity index (χ1v) is 5.46. The largest absolute Gasteiger partial charge is 0.0949 e. The highest BCUT2D eigenvalue weighted by Crippen LogP contribution is 2.28. The smallest absolute Gasteiger partial charge is 0.0148 e. The zero-order chi connectivity index (χ0) is 9.68. The number of rotatable bonds is 3. The number of allylic oxidation sites excluding steroid dienone is 2. The second-order valence-electron chi connectivity index (χ2n) is 3.09. The molecule has 0 aromatic heterocycles. The summed E-state index contributed by atoms with van der Waals surface area (Å²) in [6, 6.07) is 8.50. The molecule has 1 rings (SSSR count). The van der Waals surface area contributed by atoms with Crippen molar-refractivity contribution in [2.24, 2.45) is 0 Å². The normalized spacial score (nSPS) is 11.8. The predicted octanol–water partition coefficient (Wildman–Crippen LogP) is 4.40. The fourth-order valence-corrected chi connectivity index (χ4v) is 2.15. The maximum Gasteiger partial charge on any atom is 0.0148 e. The summed E-state index contributed by atoms with van der Waals surface area (Å²) in [6.45, 7) is 6.49. The van der Waals surface area contributed by atoms with Crippen LogP contribution in [0.3, 0.4) is 0 Å². The van der Waals surface area contributed by atoms with Crippen molar-refractivity contribution in [2.45, 2.75) is 32.1 Å². The second-order valence-corrected chi connectivity index (χ2v) is 4.38. The van der Waals surface area contributed by atoms with Crippen LogP contribution in [0.2, 0.25) is 0 Å². The molecule has 0 saturated carbocycles. The van der Waals surface area contributed by atoms with Crippen molar-refractivity contribution in [1.82, 2.24) is 0 Å². The van der Waals surface area contributed by atoms with Gasteiger partial charge in [0.15, 0.2) is 0 Å². The standard InChI is InChI=1S/C12H16S/c1-4-7-11(3)13-12-9-6-5-8-10(12)2/h5-9H,4H2,1-3H3. The summed E-state index contributed by atoms with van der Waals surface area (Å²) < 4.78 is 0. The van der Waals surface area contributed by atoms with E-state index in [9.17, 15) is 0 Å². The van der Waals surface area contributed by atoms with Crippen molar-refractivity contribution in [1.29, 1.82) is 0 Å². The van der Waals surface area contributed by atoms with Gasteiger partial charge in [0.1, 0.15) is 0 Å². The van der Waals surface area contributed by atoms with Crippen LogP contribution >= 0.6 is 11.8 Å². The molecule has 1 heteroatoms. The highest BCUT2D eigenvalue weighted by Gasteiger charge is 1.97. The molecule has 0 nitrogen and oxygen atoms in total. The Labute approximate surface area is 85.1 Å². The topological polar surface area (TPSA) is 0 Å². The monoisotopic (exact) mass is 192 g/mol. The fraction of sp³-hybridized carbons (Fsp3) is 0.333. The fourth-order valence-electron chi connectivity index (χ4n) is 1.17. The Hall–Kier alpha value is -0.690. The minimum Gasteiger partial charge on any atom is -0.0949 e. The lowest BCUT2D eigenvalue weighted by atomic mass is 10.2. The third-order valence-corrected chi connectivity index (χ3v) is 3.02. The third-order valence-electron chi connectivity index (χ3n) is 1.86.